The Balaban J connectivity index is 2.12. The number of amides is 1. The molecule has 0 bridgehead atoms. The van der Waals surface area contributed by atoms with Crippen LogP contribution in [0.2, 0.25) is 0 Å². The van der Waals surface area contributed by atoms with E-state index < -0.39 is 12.0 Å². The highest BCUT2D eigenvalue weighted by molar-refractivity contribution is 7.10. The second kappa shape index (κ2) is 7.59. The SMILES string of the molecule is Cc1cc(C)c(C(CO)NC(=O)Cc2cc(C(=O)O)cs2)c(C)c1. The molecule has 2 aromatic rings. The Morgan fingerprint density at radius 2 is 1.79 bits per heavy atom. The Morgan fingerprint density at radius 1 is 1.17 bits per heavy atom. The molecule has 0 fully saturated rings. The van der Waals surface area contributed by atoms with Crippen molar-refractivity contribution in [3.8, 4) is 0 Å². The first kappa shape index (κ1) is 18.2. The van der Waals surface area contributed by atoms with Gasteiger partial charge in [0.15, 0.2) is 0 Å². The molecule has 1 unspecified atom stereocenters. The van der Waals surface area contributed by atoms with Gasteiger partial charge >= 0.3 is 5.97 Å². The summed E-state index contributed by atoms with van der Waals surface area (Å²) in [5, 5.41) is 23.0. The third-order valence-electron chi connectivity index (χ3n) is 3.84. The highest BCUT2D eigenvalue weighted by Gasteiger charge is 2.19. The molecule has 0 spiro atoms. The maximum Gasteiger partial charge on any atom is 0.336 e. The number of carboxylic acid groups (broad SMARTS) is 1. The van der Waals surface area contributed by atoms with E-state index in [0.29, 0.717) is 4.88 Å². The lowest BCUT2D eigenvalue weighted by Crippen LogP contribution is -2.32. The van der Waals surface area contributed by atoms with Crippen molar-refractivity contribution >= 4 is 23.2 Å². The minimum Gasteiger partial charge on any atom is -0.478 e. The van der Waals surface area contributed by atoms with Gasteiger partial charge in [0.2, 0.25) is 5.91 Å². The second-order valence-corrected chi connectivity index (χ2v) is 6.89. The zero-order chi connectivity index (χ0) is 17.9. The molecule has 0 saturated carbocycles. The molecule has 0 aliphatic carbocycles. The zero-order valence-corrected chi connectivity index (χ0v) is 14.7. The molecular formula is C18H21NO4S. The molecular weight excluding hydrogens is 326 g/mol. The van der Waals surface area contributed by atoms with Gasteiger partial charge in [-0.15, -0.1) is 11.3 Å². The summed E-state index contributed by atoms with van der Waals surface area (Å²) < 4.78 is 0. The fraction of sp³-hybridized carbons (Fsp3) is 0.333. The Morgan fingerprint density at radius 3 is 2.29 bits per heavy atom. The second-order valence-electron chi connectivity index (χ2n) is 5.90. The highest BCUT2D eigenvalue weighted by Crippen LogP contribution is 2.24. The van der Waals surface area contributed by atoms with E-state index in [4.69, 9.17) is 5.11 Å². The first-order chi connectivity index (χ1) is 11.3. The number of rotatable bonds is 6. The van der Waals surface area contributed by atoms with Crippen molar-refractivity contribution in [1.82, 2.24) is 5.32 Å². The van der Waals surface area contributed by atoms with Crippen LogP contribution >= 0.6 is 11.3 Å². The van der Waals surface area contributed by atoms with Crippen LogP contribution in [0.25, 0.3) is 0 Å². The van der Waals surface area contributed by atoms with Crippen LogP contribution in [0, 0.1) is 20.8 Å². The zero-order valence-electron chi connectivity index (χ0n) is 13.9. The van der Waals surface area contributed by atoms with E-state index in [1.807, 2.05) is 32.9 Å². The van der Waals surface area contributed by atoms with Crippen LogP contribution in [0.3, 0.4) is 0 Å². The molecule has 24 heavy (non-hydrogen) atoms. The van der Waals surface area contributed by atoms with Crippen LogP contribution in [0.4, 0.5) is 0 Å². The lowest BCUT2D eigenvalue weighted by molar-refractivity contribution is -0.121. The number of carbonyl (C=O) groups is 2. The summed E-state index contributed by atoms with van der Waals surface area (Å²) in [7, 11) is 0. The highest BCUT2D eigenvalue weighted by atomic mass is 32.1. The number of aryl methyl sites for hydroxylation is 3. The largest absolute Gasteiger partial charge is 0.478 e. The van der Waals surface area contributed by atoms with E-state index in [-0.39, 0.29) is 24.5 Å². The molecule has 1 atom stereocenters. The van der Waals surface area contributed by atoms with Gasteiger partial charge in [0.25, 0.3) is 0 Å². The summed E-state index contributed by atoms with van der Waals surface area (Å²) in [6.45, 7) is 5.74. The molecule has 1 heterocycles. The van der Waals surface area contributed by atoms with E-state index in [1.54, 1.807) is 0 Å². The molecule has 0 radical (unpaired) electrons. The van der Waals surface area contributed by atoms with Gasteiger partial charge in [-0.25, -0.2) is 4.79 Å². The molecule has 2 rings (SSSR count). The molecule has 1 aromatic carbocycles. The van der Waals surface area contributed by atoms with E-state index in [1.165, 1.54) is 22.8 Å². The van der Waals surface area contributed by atoms with Gasteiger partial charge in [-0.05, 0) is 43.5 Å². The van der Waals surface area contributed by atoms with Crippen LogP contribution in [0.15, 0.2) is 23.6 Å². The van der Waals surface area contributed by atoms with Gasteiger partial charge in [0.05, 0.1) is 24.6 Å². The normalized spacial score (nSPS) is 12.0. The molecule has 128 valence electrons. The number of aliphatic hydroxyl groups is 1. The Hall–Kier alpha value is -2.18. The van der Waals surface area contributed by atoms with E-state index in [9.17, 15) is 14.7 Å². The summed E-state index contributed by atoms with van der Waals surface area (Å²) in [4.78, 5) is 23.8. The predicted molar refractivity (Wildman–Crippen MR) is 93.6 cm³/mol. The number of hydrogen-bond donors (Lipinski definition) is 3. The van der Waals surface area contributed by atoms with Crippen molar-refractivity contribution in [1.29, 1.82) is 0 Å². The van der Waals surface area contributed by atoms with Crippen LogP contribution < -0.4 is 5.32 Å². The molecule has 1 amide bonds. The third-order valence-corrected chi connectivity index (χ3v) is 4.78. The van der Waals surface area contributed by atoms with Gasteiger partial charge in [-0.2, -0.15) is 0 Å². The van der Waals surface area contributed by atoms with Crippen LogP contribution in [-0.2, 0) is 11.2 Å². The average molecular weight is 347 g/mol. The molecule has 0 aliphatic rings. The maximum absolute atomic E-state index is 12.3. The molecule has 1 aromatic heterocycles. The lowest BCUT2D eigenvalue weighted by Gasteiger charge is -2.21. The number of carboxylic acids is 1. The standard InChI is InChI=1S/C18H21NO4S/c1-10-4-11(2)17(12(3)5-10)15(8-20)19-16(21)7-14-6-13(9-24-14)18(22)23/h4-6,9,15,20H,7-8H2,1-3H3,(H,19,21)(H,22,23). The number of benzene rings is 1. The summed E-state index contributed by atoms with van der Waals surface area (Å²) in [5.74, 6) is -1.25. The van der Waals surface area contributed by atoms with Crippen LogP contribution in [-0.4, -0.2) is 28.7 Å². The summed E-state index contributed by atoms with van der Waals surface area (Å²) in [5.41, 5.74) is 4.30. The number of aliphatic hydroxyl groups excluding tert-OH is 1. The summed E-state index contributed by atoms with van der Waals surface area (Å²) >= 11 is 1.24. The van der Waals surface area contributed by atoms with Crippen LogP contribution in [0.5, 0.6) is 0 Å². The number of nitrogens with one attached hydrogen (secondary N) is 1. The smallest absolute Gasteiger partial charge is 0.336 e. The van der Waals surface area contributed by atoms with Gasteiger partial charge in [-0.3, -0.25) is 4.79 Å². The van der Waals surface area contributed by atoms with Crippen molar-refractivity contribution < 1.29 is 19.8 Å². The molecule has 0 aliphatic heterocycles. The minimum atomic E-state index is -1.00. The number of hydrogen-bond acceptors (Lipinski definition) is 4. The van der Waals surface area contributed by atoms with Gasteiger partial charge in [-0.1, -0.05) is 17.7 Å². The lowest BCUT2D eigenvalue weighted by atomic mass is 9.94. The Labute approximate surface area is 145 Å². The van der Waals surface area contributed by atoms with Gasteiger partial charge in [0, 0.05) is 10.3 Å². The van der Waals surface area contributed by atoms with Gasteiger partial charge < -0.3 is 15.5 Å². The summed E-state index contributed by atoms with van der Waals surface area (Å²) in [6.07, 6.45) is 0.0956. The predicted octanol–water partition coefficient (Wildman–Crippen LogP) is 2.76. The molecule has 6 heteroatoms. The monoisotopic (exact) mass is 347 g/mol. The Bertz CT molecular complexity index is 743. The van der Waals surface area contributed by atoms with Crippen LogP contribution in [0.1, 0.15) is 43.5 Å². The first-order valence-corrected chi connectivity index (χ1v) is 8.48. The summed E-state index contributed by atoms with van der Waals surface area (Å²) in [6, 6.07) is 5.07. The third kappa shape index (κ3) is 4.21. The van der Waals surface area contributed by atoms with E-state index in [2.05, 4.69) is 5.32 Å². The van der Waals surface area contributed by atoms with Crippen molar-refractivity contribution in [2.45, 2.75) is 33.2 Å². The van der Waals surface area contributed by atoms with Crippen molar-refractivity contribution in [3.63, 3.8) is 0 Å². The van der Waals surface area contributed by atoms with E-state index >= 15 is 0 Å². The van der Waals surface area contributed by atoms with Crippen molar-refractivity contribution in [2.24, 2.45) is 0 Å². The first-order valence-electron chi connectivity index (χ1n) is 7.60. The number of aromatic carboxylic acids is 1. The Kier molecular flexibility index (Phi) is 5.75. The molecule has 0 saturated heterocycles. The fourth-order valence-electron chi connectivity index (χ4n) is 2.94. The number of thiophene rings is 1. The fourth-order valence-corrected chi connectivity index (χ4v) is 3.80. The minimum absolute atomic E-state index is 0.0956. The topological polar surface area (TPSA) is 86.6 Å². The average Bonchev–Trinajstić information content (AvgIpc) is 2.93. The quantitative estimate of drug-likeness (QED) is 0.750. The number of carbonyl (C=O) groups excluding carboxylic acids is 1. The maximum atomic E-state index is 12.3. The van der Waals surface area contributed by atoms with Crippen molar-refractivity contribution in [2.75, 3.05) is 6.61 Å². The van der Waals surface area contributed by atoms with Crippen molar-refractivity contribution in [3.05, 3.63) is 56.3 Å². The molecule has 3 N–H and O–H groups in total. The van der Waals surface area contributed by atoms with E-state index in [0.717, 1.165) is 22.3 Å². The van der Waals surface area contributed by atoms with Gasteiger partial charge in [0.1, 0.15) is 0 Å². The molecule has 5 nitrogen and oxygen atoms in total.